The Labute approximate surface area is 365 Å². The summed E-state index contributed by atoms with van der Waals surface area (Å²) in [7, 11) is 1.76. The molecule has 61 heavy (non-hydrogen) atoms. The Balaban J connectivity index is 0. The van der Waals surface area contributed by atoms with Crippen molar-refractivity contribution < 1.29 is 64.1 Å². The molecule has 0 aliphatic carbocycles. The zero-order chi connectivity index (χ0) is 45.2. The van der Waals surface area contributed by atoms with Crippen molar-refractivity contribution in [1.29, 1.82) is 0 Å². The Morgan fingerprint density at radius 3 is 1.48 bits per heavy atom. The third kappa shape index (κ3) is 40.3. The minimum atomic E-state index is -1.16. The molecule has 17 nitrogen and oxygen atoms in total. The van der Waals surface area contributed by atoms with Crippen LogP contribution in [0.5, 0.6) is 0 Å². The van der Waals surface area contributed by atoms with Gasteiger partial charge < -0.3 is 50.4 Å². The quantitative estimate of drug-likeness (QED) is 0.0446. The predicted molar refractivity (Wildman–Crippen MR) is 233 cm³/mol. The number of rotatable bonds is 46. The summed E-state index contributed by atoms with van der Waals surface area (Å²) >= 11 is 0. The third-order valence-electron chi connectivity index (χ3n) is 9.99. The summed E-state index contributed by atoms with van der Waals surface area (Å²) in [5.74, 6) is -2.70. The average molecular weight is 875 g/mol. The summed E-state index contributed by atoms with van der Waals surface area (Å²) in [5, 5.41) is 29.2. The van der Waals surface area contributed by atoms with E-state index in [1.54, 1.807) is 14.0 Å². The number of carboxylic acids is 2. The second-order valence-corrected chi connectivity index (χ2v) is 15.5. The van der Waals surface area contributed by atoms with Gasteiger partial charge in [-0.3, -0.25) is 28.8 Å². The van der Waals surface area contributed by atoms with E-state index in [1.807, 2.05) is 0 Å². The summed E-state index contributed by atoms with van der Waals surface area (Å²) in [4.78, 5) is 82.0. The van der Waals surface area contributed by atoms with Crippen LogP contribution in [0.4, 0.5) is 0 Å². The van der Waals surface area contributed by atoms with Crippen LogP contribution in [0.3, 0.4) is 0 Å². The average Bonchev–Trinajstić information content (AvgIpc) is 3.22. The van der Waals surface area contributed by atoms with Crippen LogP contribution in [0.2, 0.25) is 0 Å². The van der Waals surface area contributed by atoms with Crippen LogP contribution >= 0.6 is 0 Å². The van der Waals surface area contributed by atoms with Gasteiger partial charge in [-0.25, -0.2) is 4.79 Å². The molecule has 0 aliphatic heterocycles. The van der Waals surface area contributed by atoms with Gasteiger partial charge in [-0.15, -0.1) is 0 Å². The summed E-state index contributed by atoms with van der Waals surface area (Å²) in [6.45, 7) is 3.68. The molecule has 6 N–H and O–H groups in total. The Hall–Kier alpha value is -3.51. The number of carboxylic acid groups (broad SMARTS) is 2. The van der Waals surface area contributed by atoms with Gasteiger partial charge in [0.05, 0.1) is 39.1 Å². The SMILES string of the molecule is CN[C@@H](CCCCNC(=O)COCCOCCNC(=O)COCCOCCCC(=O)CC[C@H](NC(=O)CCCCCCCCCCCCCCCCC(=O)O)C(=O)O)C(C)=O.[HH]. The normalized spacial score (nSPS) is 12.1. The lowest BCUT2D eigenvalue weighted by molar-refractivity contribution is -0.142. The van der Waals surface area contributed by atoms with E-state index in [2.05, 4.69) is 21.3 Å². The maximum Gasteiger partial charge on any atom is 0.326 e. The van der Waals surface area contributed by atoms with Crippen LogP contribution in [0.1, 0.15) is 156 Å². The largest absolute Gasteiger partial charge is 0.481 e. The second-order valence-electron chi connectivity index (χ2n) is 15.5. The molecule has 0 aliphatic rings. The van der Waals surface area contributed by atoms with Gasteiger partial charge in [-0.05, 0) is 58.9 Å². The van der Waals surface area contributed by atoms with Crippen molar-refractivity contribution in [3.8, 4) is 0 Å². The Morgan fingerprint density at radius 1 is 0.475 bits per heavy atom. The number of aliphatic carboxylic acids is 2. The van der Waals surface area contributed by atoms with Crippen molar-refractivity contribution >= 4 is 41.2 Å². The number of unbranched alkanes of at least 4 members (excludes halogenated alkanes) is 14. The minimum Gasteiger partial charge on any atom is -0.481 e. The number of ketones is 2. The zero-order valence-corrected chi connectivity index (χ0v) is 37.4. The maximum atomic E-state index is 12.3. The van der Waals surface area contributed by atoms with Crippen molar-refractivity contribution in [3.05, 3.63) is 0 Å². The monoisotopic (exact) mass is 875 g/mol. The van der Waals surface area contributed by atoms with E-state index >= 15 is 0 Å². The molecule has 0 unspecified atom stereocenters. The van der Waals surface area contributed by atoms with Gasteiger partial charge in [0.2, 0.25) is 17.7 Å². The van der Waals surface area contributed by atoms with Crippen LogP contribution in [0.25, 0.3) is 0 Å². The molecule has 0 aromatic rings. The predicted octanol–water partition coefficient (Wildman–Crippen LogP) is 4.90. The van der Waals surface area contributed by atoms with E-state index in [0.29, 0.717) is 26.0 Å². The molecule has 0 spiro atoms. The molecule has 0 fully saturated rings. The number of likely N-dealkylation sites (N-methyl/N-ethyl adjacent to an activating group) is 1. The first-order valence-corrected chi connectivity index (χ1v) is 22.7. The number of Topliss-reactive ketones (excluding diaryl/α,β-unsaturated/α-hetero) is 2. The smallest absolute Gasteiger partial charge is 0.326 e. The molecule has 0 heterocycles. The van der Waals surface area contributed by atoms with E-state index in [-0.39, 0.29) is 122 Å². The van der Waals surface area contributed by atoms with Gasteiger partial charge in [0, 0.05) is 46.8 Å². The summed E-state index contributed by atoms with van der Waals surface area (Å²) < 4.78 is 21.4. The van der Waals surface area contributed by atoms with E-state index < -0.39 is 18.0 Å². The van der Waals surface area contributed by atoms with Crippen molar-refractivity contribution in [2.45, 2.75) is 167 Å². The number of carbonyl (C=O) groups is 7. The fourth-order valence-corrected chi connectivity index (χ4v) is 6.40. The van der Waals surface area contributed by atoms with Gasteiger partial charge in [0.15, 0.2) is 0 Å². The molecule has 0 saturated heterocycles. The van der Waals surface area contributed by atoms with Gasteiger partial charge in [0.1, 0.15) is 30.8 Å². The molecule has 0 radical (unpaired) electrons. The molecule has 3 amide bonds. The van der Waals surface area contributed by atoms with Gasteiger partial charge in [0.25, 0.3) is 0 Å². The third-order valence-corrected chi connectivity index (χ3v) is 9.99. The van der Waals surface area contributed by atoms with E-state index in [1.165, 1.54) is 44.9 Å². The lowest BCUT2D eigenvalue weighted by Gasteiger charge is -2.14. The van der Waals surface area contributed by atoms with Crippen molar-refractivity contribution in [2.24, 2.45) is 0 Å². The number of amides is 3. The van der Waals surface area contributed by atoms with Crippen LogP contribution in [-0.4, -0.2) is 137 Å². The number of ether oxygens (including phenoxy) is 4. The van der Waals surface area contributed by atoms with E-state index in [4.69, 9.17) is 24.1 Å². The first-order valence-electron chi connectivity index (χ1n) is 22.7. The van der Waals surface area contributed by atoms with Crippen LogP contribution in [0.15, 0.2) is 0 Å². The molecule has 0 aromatic heterocycles. The maximum absolute atomic E-state index is 12.3. The highest BCUT2D eigenvalue weighted by atomic mass is 16.5. The van der Waals surface area contributed by atoms with Crippen molar-refractivity contribution in [2.75, 3.05) is 73.0 Å². The van der Waals surface area contributed by atoms with Crippen LogP contribution < -0.4 is 21.3 Å². The molecule has 0 bridgehead atoms. The molecule has 17 heteroatoms. The summed E-state index contributed by atoms with van der Waals surface area (Å²) in [6, 6.07) is -1.25. The molecule has 0 saturated carbocycles. The topological polar surface area (TPSA) is 245 Å². The van der Waals surface area contributed by atoms with Gasteiger partial charge >= 0.3 is 11.9 Å². The van der Waals surface area contributed by atoms with E-state index in [9.17, 15) is 38.7 Å². The Bertz CT molecular complexity index is 1200. The zero-order valence-electron chi connectivity index (χ0n) is 37.4. The minimum absolute atomic E-state index is 0. The summed E-state index contributed by atoms with van der Waals surface area (Å²) in [5.41, 5.74) is 0. The Kier molecular flexibility index (Phi) is 39.4. The Morgan fingerprint density at radius 2 is 0.967 bits per heavy atom. The fourth-order valence-electron chi connectivity index (χ4n) is 6.40. The first-order chi connectivity index (χ1) is 29.5. The highest BCUT2D eigenvalue weighted by molar-refractivity contribution is 5.85. The van der Waals surface area contributed by atoms with Crippen molar-refractivity contribution in [3.63, 3.8) is 0 Å². The first kappa shape index (κ1) is 57.5. The van der Waals surface area contributed by atoms with Crippen molar-refractivity contribution in [1.82, 2.24) is 21.3 Å². The highest BCUT2D eigenvalue weighted by Gasteiger charge is 2.21. The lowest BCUT2D eigenvalue weighted by Crippen LogP contribution is -2.41. The summed E-state index contributed by atoms with van der Waals surface area (Å²) in [6.07, 6.45) is 18.8. The number of hydrogen-bond acceptors (Lipinski definition) is 12. The fraction of sp³-hybridized carbons (Fsp3) is 0.841. The van der Waals surface area contributed by atoms with Gasteiger partial charge in [-0.2, -0.15) is 0 Å². The van der Waals surface area contributed by atoms with Crippen LogP contribution in [0, 0.1) is 0 Å². The molecular formula is C44H82N4O13. The molecule has 0 aromatic carbocycles. The van der Waals surface area contributed by atoms with E-state index in [0.717, 1.165) is 57.8 Å². The molecular weight excluding hydrogens is 792 g/mol. The lowest BCUT2D eigenvalue weighted by atomic mass is 10.0. The number of nitrogens with one attached hydrogen (secondary N) is 4. The molecule has 356 valence electrons. The number of carbonyl (C=O) groups excluding carboxylic acids is 5. The molecule has 2 atom stereocenters. The second kappa shape index (κ2) is 41.8. The van der Waals surface area contributed by atoms with Gasteiger partial charge in [-0.1, -0.05) is 77.0 Å². The molecule has 0 rings (SSSR count). The number of hydrogen-bond donors (Lipinski definition) is 6. The van der Waals surface area contributed by atoms with Crippen LogP contribution in [-0.2, 0) is 52.5 Å². The highest BCUT2D eigenvalue weighted by Crippen LogP contribution is 2.14. The standard InChI is InChI=1S/C44H80N4O13.H2/c1-36(49)38(45-2)21-17-18-26-46-41(52)34-61-33-31-59-29-27-47-42(53)35-60-32-30-58-28-19-20-37(50)24-25-39(44(56)57)48-40(51)22-15-13-11-9-7-5-3-4-6-8-10-12-14-16-23-43(54)55;/h38-39,45H,3-35H2,1-2H3,(H,46,52)(H,47,53)(H,48,51)(H,54,55)(H,56,57);1H/t38-,39-;/m0./s1.